The molecule has 7 heteroatoms. The molecule has 0 bridgehead atoms. The van der Waals surface area contributed by atoms with Gasteiger partial charge >= 0.3 is 5.97 Å². The number of methoxy groups -OCH3 is 1. The summed E-state index contributed by atoms with van der Waals surface area (Å²) >= 11 is 3.33. The summed E-state index contributed by atoms with van der Waals surface area (Å²) in [6, 6.07) is 14.9. The monoisotopic (exact) mass is 447 g/mol. The van der Waals surface area contributed by atoms with Crippen molar-refractivity contribution in [2.24, 2.45) is 0 Å². The van der Waals surface area contributed by atoms with Gasteiger partial charge in [0.05, 0.1) is 7.11 Å². The van der Waals surface area contributed by atoms with Crippen LogP contribution >= 0.6 is 15.9 Å². The van der Waals surface area contributed by atoms with Crippen LogP contribution in [0.3, 0.4) is 0 Å². The Morgan fingerprint density at radius 3 is 2.25 bits per heavy atom. The summed E-state index contributed by atoms with van der Waals surface area (Å²) in [5, 5.41) is 0. The van der Waals surface area contributed by atoms with E-state index in [0.29, 0.717) is 12.3 Å². The third kappa shape index (κ3) is 5.99. The Morgan fingerprint density at radius 1 is 1.00 bits per heavy atom. The van der Waals surface area contributed by atoms with Gasteiger partial charge in [-0.2, -0.15) is 0 Å². The van der Waals surface area contributed by atoms with Crippen LogP contribution in [0.1, 0.15) is 18.4 Å². The first-order valence-corrected chi connectivity index (χ1v) is 9.81. The van der Waals surface area contributed by atoms with Gasteiger partial charge in [0.1, 0.15) is 11.5 Å². The van der Waals surface area contributed by atoms with Crippen molar-refractivity contribution in [2.75, 3.05) is 20.3 Å². The smallest absolute Gasteiger partial charge is 0.344 e. The third-order valence-electron chi connectivity index (χ3n) is 4.35. The minimum absolute atomic E-state index is 0.199. The van der Waals surface area contributed by atoms with Gasteiger partial charge in [-0.05, 0) is 54.8 Å². The minimum atomic E-state index is -0.573. The number of amides is 1. The van der Waals surface area contributed by atoms with Gasteiger partial charge < -0.3 is 19.1 Å². The maximum absolute atomic E-state index is 12.5. The topological polar surface area (TPSA) is 65.1 Å². The van der Waals surface area contributed by atoms with Crippen molar-refractivity contribution < 1.29 is 23.8 Å². The van der Waals surface area contributed by atoms with E-state index in [1.54, 1.807) is 24.1 Å². The van der Waals surface area contributed by atoms with Crippen LogP contribution in [0, 0.1) is 0 Å². The number of esters is 1. The molecule has 2 aromatic rings. The van der Waals surface area contributed by atoms with Crippen LogP contribution in [-0.2, 0) is 20.9 Å². The standard InChI is InChI=1S/C21H22BrNO5/c1-26-18-8-2-15(3-9-18)12-23(17-6-7-17)20(24)13-28-21(25)14-27-19-10-4-16(22)5-11-19/h2-5,8-11,17H,6-7,12-14H2,1H3. The average molecular weight is 448 g/mol. The number of carbonyl (C=O) groups excluding carboxylic acids is 2. The van der Waals surface area contributed by atoms with E-state index in [2.05, 4.69) is 15.9 Å². The zero-order valence-electron chi connectivity index (χ0n) is 15.6. The summed E-state index contributed by atoms with van der Waals surface area (Å²) in [6.07, 6.45) is 1.95. The molecule has 3 rings (SSSR count). The van der Waals surface area contributed by atoms with Crippen LogP contribution in [0.25, 0.3) is 0 Å². The molecule has 0 unspecified atom stereocenters. The highest BCUT2D eigenvalue weighted by Crippen LogP contribution is 2.29. The summed E-state index contributed by atoms with van der Waals surface area (Å²) < 4.78 is 16.5. The second-order valence-corrected chi connectivity index (χ2v) is 7.42. The van der Waals surface area contributed by atoms with Crippen LogP contribution < -0.4 is 9.47 Å². The predicted molar refractivity (Wildman–Crippen MR) is 107 cm³/mol. The number of hydrogen-bond acceptors (Lipinski definition) is 5. The molecule has 6 nitrogen and oxygen atoms in total. The quantitative estimate of drug-likeness (QED) is 0.549. The Kier molecular flexibility index (Phi) is 6.92. The Bertz CT molecular complexity index is 803. The summed E-state index contributed by atoms with van der Waals surface area (Å²) in [6.45, 7) is -0.0353. The van der Waals surface area contributed by atoms with Gasteiger partial charge in [-0.25, -0.2) is 4.79 Å². The second kappa shape index (κ2) is 9.59. The normalized spacial score (nSPS) is 12.9. The Hall–Kier alpha value is -2.54. The van der Waals surface area contributed by atoms with Gasteiger partial charge in [0.15, 0.2) is 13.2 Å². The Labute approximate surface area is 172 Å². The first kappa shape index (κ1) is 20.2. The first-order chi connectivity index (χ1) is 13.5. The summed E-state index contributed by atoms with van der Waals surface area (Å²) in [5.41, 5.74) is 1.01. The van der Waals surface area contributed by atoms with Gasteiger partial charge in [0.25, 0.3) is 5.91 Å². The van der Waals surface area contributed by atoms with Gasteiger partial charge in [-0.3, -0.25) is 4.79 Å². The number of rotatable bonds is 9. The lowest BCUT2D eigenvalue weighted by Gasteiger charge is -2.22. The van der Waals surface area contributed by atoms with Gasteiger partial charge in [-0.15, -0.1) is 0 Å². The second-order valence-electron chi connectivity index (χ2n) is 6.50. The van der Waals surface area contributed by atoms with Crippen LogP contribution in [0.2, 0.25) is 0 Å². The number of carbonyl (C=O) groups is 2. The summed E-state index contributed by atoms with van der Waals surface area (Å²) in [5.74, 6) is 0.560. The molecule has 0 radical (unpaired) electrons. The lowest BCUT2D eigenvalue weighted by molar-refractivity contribution is -0.154. The SMILES string of the molecule is COc1ccc(CN(C(=O)COC(=O)COc2ccc(Br)cc2)C2CC2)cc1. The fourth-order valence-electron chi connectivity index (χ4n) is 2.67. The van der Waals surface area contributed by atoms with Gasteiger partial charge in [0.2, 0.25) is 0 Å². The molecule has 0 spiro atoms. The number of ether oxygens (including phenoxy) is 3. The Balaban J connectivity index is 1.47. The highest BCUT2D eigenvalue weighted by Gasteiger charge is 2.32. The van der Waals surface area contributed by atoms with E-state index in [9.17, 15) is 9.59 Å². The molecular formula is C21H22BrNO5. The molecule has 0 aromatic heterocycles. The fraction of sp³-hybridized carbons (Fsp3) is 0.333. The number of hydrogen-bond donors (Lipinski definition) is 0. The molecule has 1 aliphatic rings. The van der Waals surface area contributed by atoms with E-state index in [1.165, 1.54) is 0 Å². The summed E-state index contributed by atoms with van der Waals surface area (Å²) in [4.78, 5) is 26.2. The van der Waals surface area contributed by atoms with Crippen molar-refractivity contribution in [3.63, 3.8) is 0 Å². The Morgan fingerprint density at radius 2 is 1.64 bits per heavy atom. The maximum Gasteiger partial charge on any atom is 0.344 e. The highest BCUT2D eigenvalue weighted by molar-refractivity contribution is 9.10. The van der Waals surface area contributed by atoms with Crippen molar-refractivity contribution in [3.8, 4) is 11.5 Å². The highest BCUT2D eigenvalue weighted by atomic mass is 79.9. The molecule has 148 valence electrons. The average Bonchev–Trinajstić information content (AvgIpc) is 3.55. The zero-order valence-corrected chi connectivity index (χ0v) is 17.2. The van der Waals surface area contributed by atoms with Crippen molar-refractivity contribution >= 4 is 27.8 Å². The number of halogens is 1. The molecular weight excluding hydrogens is 426 g/mol. The lowest BCUT2D eigenvalue weighted by Crippen LogP contribution is -2.36. The van der Waals surface area contributed by atoms with Crippen molar-refractivity contribution in [1.82, 2.24) is 4.90 Å². The molecule has 1 saturated carbocycles. The molecule has 2 aromatic carbocycles. The van der Waals surface area contributed by atoms with Crippen LogP contribution in [0.4, 0.5) is 0 Å². The zero-order chi connectivity index (χ0) is 19.9. The number of nitrogens with zero attached hydrogens (tertiary/aromatic N) is 1. The van der Waals surface area contributed by atoms with E-state index >= 15 is 0 Å². The fourth-order valence-corrected chi connectivity index (χ4v) is 2.94. The lowest BCUT2D eigenvalue weighted by atomic mass is 10.2. The largest absolute Gasteiger partial charge is 0.497 e. The third-order valence-corrected chi connectivity index (χ3v) is 4.88. The van der Waals surface area contributed by atoms with Crippen LogP contribution in [0.5, 0.6) is 11.5 Å². The van der Waals surface area contributed by atoms with Crippen LogP contribution in [-0.4, -0.2) is 43.1 Å². The van der Waals surface area contributed by atoms with E-state index in [4.69, 9.17) is 14.2 Å². The molecule has 28 heavy (non-hydrogen) atoms. The van der Waals surface area contributed by atoms with Crippen molar-refractivity contribution in [3.05, 3.63) is 58.6 Å². The van der Waals surface area contributed by atoms with Crippen LogP contribution in [0.15, 0.2) is 53.0 Å². The molecule has 0 saturated heterocycles. The van der Waals surface area contributed by atoms with Gasteiger partial charge in [-0.1, -0.05) is 28.1 Å². The first-order valence-electron chi connectivity index (χ1n) is 9.01. The summed E-state index contributed by atoms with van der Waals surface area (Å²) in [7, 11) is 1.61. The molecule has 0 aliphatic heterocycles. The molecule has 1 aliphatic carbocycles. The maximum atomic E-state index is 12.5. The molecule has 1 amide bonds. The van der Waals surface area contributed by atoms with Crippen molar-refractivity contribution in [1.29, 1.82) is 0 Å². The van der Waals surface area contributed by atoms with E-state index in [1.807, 2.05) is 36.4 Å². The van der Waals surface area contributed by atoms with Crippen molar-refractivity contribution in [2.45, 2.75) is 25.4 Å². The predicted octanol–water partition coefficient (Wildman–Crippen LogP) is 3.57. The van der Waals surface area contributed by atoms with E-state index in [0.717, 1.165) is 28.6 Å². The minimum Gasteiger partial charge on any atom is -0.497 e. The number of benzene rings is 2. The molecule has 0 N–H and O–H groups in total. The molecule has 1 fully saturated rings. The molecule has 0 heterocycles. The van der Waals surface area contributed by atoms with E-state index < -0.39 is 5.97 Å². The van der Waals surface area contributed by atoms with E-state index in [-0.39, 0.29) is 25.2 Å². The molecule has 0 atom stereocenters. The van der Waals surface area contributed by atoms with Gasteiger partial charge in [0, 0.05) is 17.1 Å².